The summed E-state index contributed by atoms with van der Waals surface area (Å²) in [5, 5.41) is 0. The number of Topliss-reactive ketones (excluding diaryl/α,β-unsaturated/α-hetero) is 3. The number of hydrogen-bond donors (Lipinski definition) is 0. The van der Waals surface area contributed by atoms with Gasteiger partial charge in [-0.15, -0.1) is 0 Å². The molecule has 0 aromatic rings. The summed E-state index contributed by atoms with van der Waals surface area (Å²) >= 11 is 0. The summed E-state index contributed by atoms with van der Waals surface area (Å²) < 4.78 is 0. The molecule has 86 valence electrons. The second-order valence-corrected chi connectivity index (χ2v) is 3.86. The number of carbonyl (C=O) groups excluding carboxylic acids is 3. The monoisotopic (exact) mass is 212 g/mol. The van der Waals surface area contributed by atoms with E-state index in [4.69, 9.17) is 0 Å². The molecule has 0 radical (unpaired) electrons. The predicted octanol–water partition coefficient (Wildman–Crippen LogP) is 2.46. The quantitative estimate of drug-likeness (QED) is 0.335. The Bertz CT molecular complexity index is 231. The molecule has 0 heterocycles. The van der Waals surface area contributed by atoms with Crippen molar-refractivity contribution in [1.82, 2.24) is 0 Å². The van der Waals surface area contributed by atoms with Gasteiger partial charge in [0.25, 0.3) is 0 Å². The normalized spacial score (nSPS) is 10.0. The van der Waals surface area contributed by atoms with E-state index >= 15 is 0 Å². The van der Waals surface area contributed by atoms with Crippen molar-refractivity contribution < 1.29 is 14.4 Å². The van der Waals surface area contributed by atoms with Crippen LogP contribution in [0.5, 0.6) is 0 Å². The van der Waals surface area contributed by atoms with E-state index in [0.29, 0.717) is 6.42 Å². The van der Waals surface area contributed by atoms with E-state index in [-0.39, 0.29) is 12.2 Å². The number of ketones is 3. The smallest absolute Gasteiger partial charge is 0.205 e. The lowest BCUT2D eigenvalue weighted by molar-refractivity contribution is -0.137. The first kappa shape index (κ1) is 14.0. The summed E-state index contributed by atoms with van der Waals surface area (Å²) in [5.41, 5.74) is 0. The van der Waals surface area contributed by atoms with Crippen LogP contribution in [0.3, 0.4) is 0 Å². The molecule has 0 aliphatic rings. The molecule has 0 saturated carbocycles. The third-order valence-electron chi connectivity index (χ3n) is 2.31. The van der Waals surface area contributed by atoms with Gasteiger partial charge in [-0.2, -0.15) is 0 Å². The highest BCUT2D eigenvalue weighted by Crippen LogP contribution is 2.06. The first-order valence-electron chi connectivity index (χ1n) is 5.63. The van der Waals surface area contributed by atoms with Crippen LogP contribution >= 0.6 is 0 Å². The SMILES string of the molecule is CCCCCCCC(=O)CC(=O)C(C)=O. The van der Waals surface area contributed by atoms with Crippen molar-refractivity contribution >= 4 is 17.3 Å². The van der Waals surface area contributed by atoms with Crippen molar-refractivity contribution in [3.05, 3.63) is 0 Å². The van der Waals surface area contributed by atoms with E-state index in [1.165, 1.54) is 19.8 Å². The van der Waals surface area contributed by atoms with Gasteiger partial charge in [0.05, 0.1) is 6.42 Å². The molecule has 0 aromatic heterocycles. The number of unbranched alkanes of at least 4 members (excludes halogenated alkanes) is 4. The summed E-state index contributed by atoms with van der Waals surface area (Å²) in [6.45, 7) is 3.34. The molecule has 0 saturated heterocycles. The Balaban J connectivity index is 3.49. The van der Waals surface area contributed by atoms with Crippen molar-refractivity contribution in [2.75, 3.05) is 0 Å². The minimum atomic E-state index is -0.562. The molecule has 0 N–H and O–H groups in total. The maximum atomic E-state index is 11.2. The average molecular weight is 212 g/mol. The summed E-state index contributed by atoms with van der Waals surface area (Å²) in [5.74, 6) is -1.19. The Morgan fingerprint density at radius 1 is 0.933 bits per heavy atom. The van der Waals surface area contributed by atoms with Gasteiger partial charge in [-0.25, -0.2) is 0 Å². The zero-order valence-electron chi connectivity index (χ0n) is 9.67. The average Bonchev–Trinajstić information content (AvgIpc) is 2.17. The Morgan fingerprint density at radius 2 is 1.53 bits per heavy atom. The Labute approximate surface area is 91.2 Å². The molecule has 0 aliphatic carbocycles. The third kappa shape index (κ3) is 8.03. The van der Waals surface area contributed by atoms with Gasteiger partial charge >= 0.3 is 0 Å². The van der Waals surface area contributed by atoms with Crippen molar-refractivity contribution in [3.8, 4) is 0 Å². The fourth-order valence-corrected chi connectivity index (χ4v) is 1.32. The fourth-order valence-electron chi connectivity index (χ4n) is 1.32. The lowest BCUT2D eigenvalue weighted by Gasteiger charge is -1.99. The highest BCUT2D eigenvalue weighted by atomic mass is 16.2. The summed E-state index contributed by atoms with van der Waals surface area (Å²) in [7, 11) is 0. The minimum absolute atomic E-state index is 0.105. The van der Waals surface area contributed by atoms with Crippen LogP contribution in [0.15, 0.2) is 0 Å². The van der Waals surface area contributed by atoms with Crippen LogP contribution in [0.2, 0.25) is 0 Å². The van der Waals surface area contributed by atoms with Crippen LogP contribution in [0, 0.1) is 0 Å². The van der Waals surface area contributed by atoms with Crippen LogP contribution in [-0.4, -0.2) is 17.3 Å². The molecule has 3 nitrogen and oxygen atoms in total. The molecular formula is C12H20O3. The molecule has 15 heavy (non-hydrogen) atoms. The van der Waals surface area contributed by atoms with Crippen molar-refractivity contribution in [3.63, 3.8) is 0 Å². The fraction of sp³-hybridized carbons (Fsp3) is 0.750. The lowest BCUT2D eigenvalue weighted by Crippen LogP contribution is -2.14. The van der Waals surface area contributed by atoms with Gasteiger partial charge in [-0.05, 0) is 6.42 Å². The second-order valence-electron chi connectivity index (χ2n) is 3.86. The maximum absolute atomic E-state index is 11.2. The molecule has 0 rings (SSSR count). The van der Waals surface area contributed by atoms with Crippen LogP contribution in [-0.2, 0) is 14.4 Å². The Kier molecular flexibility index (Phi) is 7.78. The summed E-state index contributed by atoms with van der Waals surface area (Å²) in [4.78, 5) is 32.7. The summed E-state index contributed by atoms with van der Waals surface area (Å²) in [6.07, 6.45) is 5.62. The van der Waals surface area contributed by atoms with Gasteiger partial charge in [-0.1, -0.05) is 32.6 Å². The van der Waals surface area contributed by atoms with Crippen molar-refractivity contribution in [2.45, 2.75) is 58.8 Å². The molecule has 0 aromatic carbocycles. The van der Waals surface area contributed by atoms with Crippen LogP contribution in [0.4, 0.5) is 0 Å². The van der Waals surface area contributed by atoms with Crippen molar-refractivity contribution in [1.29, 1.82) is 0 Å². The van der Waals surface area contributed by atoms with E-state index in [1.807, 2.05) is 0 Å². The van der Waals surface area contributed by atoms with E-state index in [1.54, 1.807) is 0 Å². The molecule has 0 spiro atoms. The molecule has 0 amide bonds. The van der Waals surface area contributed by atoms with E-state index in [9.17, 15) is 14.4 Å². The van der Waals surface area contributed by atoms with Gasteiger partial charge in [0, 0.05) is 13.3 Å². The first-order chi connectivity index (χ1) is 7.07. The van der Waals surface area contributed by atoms with E-state index in [0.717, 1.165) is 19.3 Å². The second kappa shape index (κ2) is 8.33. The van der Waals surface area contributed by atoms with E-state index < -0.39 is 11.6 Å². The molecular weight excluding hydrogens is 192 g/mol. The molecule has 0 atom stereocenters. The Hall–Kier alpha value is -0.990. The lowest BCUT2D eigenvalue weighted by atomic mass is 10.0. The van der Waals surface area contributed by atoms with Crippen LogP contribution < -0.4 is 0 Å². The summed E-state index contributed by atoms with van der Waals surface area (Å²) in [6, 6.07) is 0. The van der Waals surface area contributed by atoms with Gasteiger partial charge in [0.2, 0.25) is 5.78 Å². The maximum Gasteiger partial charge on any atom is 0.205 e. The standard InChI is InChI=1S/C12H20O3/c1-3-4-5-6-7-8-11(14)9-12(15)10(2)13/h3-9H2,1-2H3. The van der Waals surface area contributed by atoms with Gasteiger partial charge in [-0.3, -0.25) is 14.4 Å². The van der Waals surface area contributed by atoms with Gasteiger partial charge in [0.15, 0.2) is 5.78 Å². The first-order valence-corrected chi connectivity index (χ1v) is 5.63. The number of carbonyl (C=O) groups is 3. The predicted molar refractivity (Wildman–Crippen MR) is 58.7 cm³/mol. The highest BCUT2D eigenvalue weighted by Gasteiger charge is 2.12. The number of rotatable bonds is 9. The third-order valence-corrected chi connectivity index (χ3v) is 2.31. The van der Waals surface area contributed by atoms with Crippen LogP contribution in [0.25, 0.3) is 0 Å². The zero-order chi connectivity index (χ0) is 11.7. The number of hydrogen-bond acceptors (Lipinski definition) is 3. The topological polar surface area (TPSA) is 51.2 Å². The Morgan fingerprint density at radius 3 is 2.07 bits per heavy atom. The van der Waals surface area contributed by atoms with E-state index in [2.05, 4.69) is 6.92 Å². The zero-order valence-corrected chi connectivity index (χ0v) is 9.67. The minimum Gasteiger partial charge on any atom is -0.299 e. The largest absolute Gasteiger partial charge is 0.299 e. The highest BCUT2D eigenvalue weighted by molar-refractivity contribution is 6.39. The van der Waals surface area contributed by atoms with Gasteiger partial charge in [0.1, 0.15) is 5.78 Å². The molecule has 0 bridgehead atoms. The molecule has 3 heteroatoms. The molecule has 0 unspecified atom stereocenters. The molecule has 0 aliphatic heterocycles. The van der Waals surface area contributed by atoms with Crippen LogP contribution in [0.1, 0.15) is 58.8 Å². The molecule has 0 fully saturated rings. The van der Waals surface area contributed by atoms with Gasteiger partial charge < -0.3 is 0 Å². The van der Waals surface area contributed by atoms with Crippen molar-refractivity contribution in [2.24, 2.45) is 0 Å².